The van der Waals surface area contributed by atoms with Gasteiger partial charge in [0.05, 0.1) is 5.60 Å². The second-order valence-electron chi connectivity index (χ2n) is 8.17. The topological polar surface area (TPSA) is 35.5 Å². The van der Waals surface area contributed by atoms with E-state index in [0.29, 0.717) is 17.5 Å². The molecule has 2 rings (SSSR count). The van der Waals surface area contributed by atoms with Gasteiger partial charge in [-0.2, -0.15) is 0 Å². The molecular weight excluding hydrogens is 248 g/mol. The van der Waals surface area contributed by atoms with Crippen molar-refractivity contribution in [3.05, 3.63) is 0 Å². The quantitative estimate of drug-likeness (QED) is 0.832. The molecule has 0 aromatic heterocycles. The molecule has 1 aliphatic heterocycles. The monoisotopic (exact) mass is 282 g/mol. The number of aliphatic hydroxyl groups is 1. The fraction of sp³-hybridized carbons (Fsp3) is 1.00. The smallest absolute Gasteiger partial charge is 0.0772 e. The minimum atomic E-state index is -0.454. The summed E-state index contributed by atoms with van der Waals surface area (Å²) in [5.74, 6) is 0. The van der Waals surface area contributed by atoms with Gasteiger partial charge in [0.2, 0.25) is 0 Å². The lowest BCUT2D eigenvalue weighted by atomic mass is 9.71. The zero-order valence-corrected chi connectivity index (χ0v) is 13.9. The Labute approximate surface area is 125 Å². The molecule has 0 spiro atoms. The Balaban J connectivity index is 1.71. The van der Waals surface area contributed by atoms with E-state index >= 15 is 0 Å². The highest BCUT2D eigenvalue weighted by Crippen LogP contribution is 2.39. The van der Waals surface area contributed by atoms with Crippen LogP contribution < -0.4 is 5.32 Å². The van der Waals surface area contributed by atoms with E-state index in [0.717, 1.165) is 32.2 Å². The summed E-state index contributed by atoms with van der Waals surface area (Å²) < 4.78 is 0. The molecule has 1 saturated heterocycles. The van der Waals surface area contributed by atoms with Gasteiger partial charge in [-0.3, -0.25) is 0 Å². The van der Waals surface area contributed by atoms with Crippen LogP contribution >= 0.6 is 0 Å². The molecule has 118 valence electrons. The number of likely N-dealkylation sites (tertiary alicyclic amines) is 1. The van der Waals surface area contributed by atoms with Crippen LogP contribution in [0.15, 0.2) is 0 Å². The van der Waals surface area contributed by atoms with Crippen LogP contribution in [0.4, 0.5) is 0 Å². The van der Waals surface area contributed by atoms with Crippen molar-refractivity contribution in [1.29, 1.82) is 0 Å². The lowest BCUT2D eigenvalue weighted by Crippen LogP contribution is -2.51. The van der Waals surface area contributed by atoms with Gasteiger partial charge in [0.25, 0.3) is 0 Å². The predicted octanol–water partition coefficient (Wildman–Crippen LogP) is 2.78. The minimum absolute atomic E-state index is 0.425. The largest absolute Gasteiger partial charge is 0.389 e. The summed E-state index contributed by atoms with van der Waals surface area (Å²) in [6.07, 6.45) is 6.66. The van der Waals surface area contributed by atoms with Crippen LogP contribution in [0, 0.1) is 5.41 Å². The number of hydrogen-bond donors (Lipinski definition) is 2. The second-order valence-corrected chi connectivity index (χ2v) is 8.17. The molecule has 0 aromatic rings. The van der Waals surface area contributed by atoms with E-state index in [-0.39, 0.29) is 0 Å². The van der Waals surface area contributed by atoms with E-state index < -0.39 is 5.60 Å². The first-order valence-corrected chi connectivity index (χ1v) is 8.50. The van der Waals surface area contributed by atoms with Crippen molar-refractivity contribution in [2.45, 2.75) is 83.9 Å². The molecule has 20 heavy (non-hydrogen) atoms. The van der Waals surface area contributed by atoms with Crippen LogP contribution in [0.1, 0.15) is 66.2 Å². The standard InChI is InChI=1S/C17H34N2O/c1-14(2)19-11-5-15(6-12-19)18-13-17(20)9-7-16(3,4)8-10-17/h14-15,18,20H,5-13H2,1-4H3. The summed E-state index contributed by atoms with van der Waals surface area (Å²) in [4.78, 5) is 2.55. The highest BCUT2D eigenvalue weighted by molar-refractivity contribution is 4.92. The summed E-state index contributed by atoms with van der Waals surface area (Å²) in [7, 11) is 0. The van der Waals surface area contributed by atoms with Crippen LogP contribution in [0.3, 0.4) is 0 Å². The van der Waals surface area contributed by atoms with E-state index in [9.17, 15) is 5.11 Å². The van der Waals surface area contributed by atoms with Gasteiger partial charge in [-0.1, -0.05) is 13.8 Å². The van der Waals surface area contributed by atoms with Gasteiger partial charge >= 0.3 is 0 Å². The van der Waals surface area contributed by atoms with Gasteiger partial charge in [-0.25, -0.2) is 0 Å². The molecule has 1 heterocycles. The lowest BCUT2D eigenvalue weighted by Gasteiger charge is -2.42. The Bertz CT molecular complexity index is 296. The van der Waals surface area contributed by atoms with Crippen molar-refractivity contribution in [1.82, 2.24) is 10.2 Å². The van der Waals surface area contributed by atoms with Crippen molar-refractivity contribution in [2.24, 2.45) is 5.41 Å². The minimum Gasteiger partial charge on any atom is -0.389 e. The normalized spacial score (nSPS) is 27.9. The zero-order chi connectivity index (χ0) is 14.8. The third-order valence-electron chi connectivity index (χ3n) is 5.51. The number of nitrogens with zero attached hydrogens (tertiary/aromatic N) is 1. The molecule has 2 N–H and O–H groups in total. The molecule has 3 heteroatoms. The third kappa shape index (κ3) is 4.44. The Morgan fingerprint density at radius 1 is 1.10 bits per heavy atom. The molecule has 0 bridgehead atoms. The van der Waals surface area contributed by atoms with Gasteiger partial charge in [-0.15, -0.1) is 0 Å². The van der Waals surface area contributed by atoms with E-state index in [1.807, 2.05) is 0 Å². The van der Waals surface area contributed by atoms with Crippen molar-refractivity contribution in [2.75, 3.05) is 19.6 Å². The summed E-state index contributed by atoms with van der Waals surface area (Å²) in [5.41, 5.74) is -0.0282. The number of nitrogens with one attached hydrogen (secondary N) is 1. The Morgan fingerprint density at radius 2 is 1.65 bits per heavy atom. The predicted molar refractivity (Wildman–Crippen MR) is 84.9 cm³/mol. The molecule has 2 fully saturated rings. The summed E-state index contributed by atoms with van der Waals surface area (Å²) in [6, 6.07) is 1.27. The number of hydrogen-bond acceptors (Lipinski definition) is 3. The maximum absolute atomic E-state index is 10.7. The Hall–Kier alpha value is -0.120. The van der Waals surface area contributed by atoms with Crippen molar-refractivity contribution in [3.63, 3.8) is 0 Å². The molecule has 0 radical (unpaired) electrons. The second kappa shape index (κ2) is 6.33. The third-order valence-corrected chi connectivity index (χ3v) is 5.51. The molecular formula is C17H34N2O. The highest BCUT2D eigenvalue weighted by atomic mass is 16.3. The maximum Gasteiger partial charge on any atom is 0.0772 e. The summed E-state index contributed by atoms with van der Waals surface area (Å²) in [6.45, 7) is 12.4. The highest BCUT2D eigenvalue weighted by Gasteiger charge is 2.36. The van der Waals surface area contributed by atoms with Crippen LogP contribution in [-0.2, 0) is 0 Å². The Kier molecular flexibility index (Phi) is 5.14. The van der Waals surface area contributed by atoms with Gasteiger partial charge in [-0.05, 0) is 70.9 Å². The summed E-state index contributed by atoms with van der Waals surface area (Å²) >= 11 is 0. The fourth-order valence-electron chi connectivity index (χ4n) is 3.52. The van der Waals surface area contributed by atoms with Gasteiger partial charge < -0.3 is 15.3 Å². The van der Waals surface area contributed by atoms with Crippen molar-refractivity contribution < 1.29 is 5.11 Å². The average Bonchev–Trinajstić information content (AvgIpc) is 2.41. The van der Waals surface area contributed by atoms with Gasteiger partial charge in [0.1, 0.15) is 0 Å². The van der Waals surface area contributed by atoms with Crippen LogP contribution in [-0.4, -0.2) is 47.3 Å². The van der Waals surface area contributed by atoms with Crippen LogP contribution in [0.25, 0.3) is 0 Å². The molecule has 0 amide bonds. The van der Waals surface area contributed by atoms with Gasteiger partial charge in [0.15, 0.2) is 0 Å². The Morgan fingerprint density at radius 3 is 2.15 bits per heavy atom. The average molecular weight is 282 g/mol. The summed E-state index contributed by atoms with van der Waals surface area (Å²) in [5, 5.41) is 14.3. The van der Waals surface area contributed by atoms with Crippen molar-refractivity contribution >= 4 is 0 Å². The van der Waals surface area contributed by atoms with E-state index in [1.54, 1.807) is 0 Å². The molecule has 0 atom stereocenters. The fourth-order valence-corrected chi connectivity index (χ4v) is 3.52. The SMILES string of the molecule is CC(C)N1CCC(NCC2(O)CCC(C)(C)CC2)CC1. The van der Waals surface area contributed by atoms with Crippen LogP contribution in [0.2, 0.25) is 0 Å². The first-order valence-electron chi connectivity index (χ1n) is 8.50. The van der Waals surface area contributed by atoms with Gasteiger partial charge in [0, 0.05) is 18.6 Å². The maximum atomic E-state index is 10.7. The molecule has 3 nitrogen and oxygen atoms in total. The number of piperidine rings is 1. The first kappa shape index (κ1) is 16.3. The lowest BCUT2D eigenvalue weighted by molar-refractivity contribution is -0.0275. The van der Waals surface area contributed by atoms with E-state index in [1.165, 1.54) is 25.9 Å². The molecule has 2 aliphatic rings. The first-order chi connectivity index (χ1) is 9.30. The molecule has 0 aromatic carbocycles. The van der Waals surface area contributed by atoms with E-state index in [2.05, 4.69) is 37.9 Å². The molecule has 1 saturated carbocycles. The van der Waals surface area contributed by atoms with Crippen LogP contribution in [0.5, 0.6) is 0 Å². The van der Waals surface area contributed by atoms with E-state index in [4.69, 9.17) is 0 Å². The molecule has 0 unspecified atom stereocenters. The van der Waals surface area contributed by atoms with Crippen molar-refractivity contribution in [3.8, 4) is 0 Å². The molecule has 1 aliphatic carbocycles. The number of rotatable bonds is 4. The zero-order valence-electron chi connectivity index (χ0n) is 13.9.